The molecule has 3 aromatic rings. The molecule has 0 atom stereocenters. The summed E-state index contributed by atoms with van der Waals surface area (Å²) in [6.45, 7) is 0.709. The van der Waals surface area contributed by atoms with Crippen molar-refractivity contribution in [1.29, 1.82) is 0 Å². The van der Waals surface area contributed by atoms with Gasteiger partial charge in [0, 0.05) is 42.5 Å². The molecule has 0 spiro atoms. The summed E-state index contributed by atoms with van der Waals surface area (Å²) in [5.41, 5.74) is 1.58. The minimum atomic E-state index is -0.473. The number of halogens is 1. The molecule has 0 radical (unpaired) electrons. The topological polar surface area (TPSA) is 110 Å². The molecule has 27 heavy (non-hydrogen) atoms. The zero-order valence-corrected chi connectivity index (χ0v) is 14.0. The third kappa shape index (κ3) is 4.66. The molecule has 0 aliphatic carbocycles. The van der Waals surface area contributed by atoms with Crippen LogP contribution in [0.5, 0.6) is 0 Å². The van der Waals surface area contributed by atoms with Crippen molar-refractivity contribution in [2.45, 2.75) is 0 Å². The molecule has 0 saturated heterocycles. The van der Waals surface area contributed by atoms with E-state index in [0.717, 1.165) is 0 Å². The fraction of sp³-hybridized carbons (Fsp3) is 0.111. The van der Waals surface area contributed by atoms with Crippen LogP contribution < -0.4 is 10.6 Å². The van der Waals surface area contributed by atoms with Crippen molar-refractivity contribution in [3.8, 4) is 11.3 Å². The number of anilines is 1. The number of nitrogens with one attached hydrogen (secondary N) is 2. The summed E-state index contributed by atoms with van der Waals surface area (Å²) in [6, 6.07) is 13.2. The number of rotatable bonds is 7. The van der Waals surface area contributed by atoms with E-state index in [0.29, 0.717) is 30.0 Å². The van der Waals surface area contributed by atoms with Crippen LogP contribution in [-0.2, 0) is 0 Å². The van der Waals surface area contributed by atoms with Gasteiger partial charge in [-0.2, -0.15) is 0 Å². The molecule has 2 aromatic carbocycles. The number of non-ortho nitro benzene ring substituents is 1. The summed E-state index contributed by atoms with van der Waals surface area (Å²) in [5.74, 6) is -0.834. The van der Waals surface area contributed by atoms with Crippen molar-refractivity contribution in [2.24, 2.45) is 0 Å². The quantitative estimate of drug-likeness (QED) is 0.375. The Bertz CT molecular complexity index is 956. The Hall–Kier alpha value is -3.75. The smallest absolute Gasteiger partial charge is 0.289 e. The van der Waals surface area contributed by atoms with Gasteiger partial charge in [0.1, 0.15) is 11.5 Å². The zero-order chi connectivity index (χ0) is 19.2. The standard InChI is InChI=1S/C18H15FN4O4/c19-13-3-1-2-12(10-13)16-11-17(27-22-16)18(24)21-9-8-20-14-4-6-15(7-5-14)23(25)26/h1-7,10-11,20H,8-9H2,(H,21,24). The van der Waals surface area contributed by atoms with E-state index in [9.17, 15) is 19.3 Å². The monoisotopic (exact) mass is 370 g/mol. The van der Waals surface area contributed by atoms with Gasteiger partial charge in [-0.25, -0.2) is 4.39 Å². The number of nitro benzene ring substituents is 1. The van der Waals surface area contributed by atoms with Gasteiger partial charge in [-0.3, -0.25) is 14.9 Å². The van der Waals surface area contributed by atoms with Gasteiger partial charge >= 0.3 is 0 Å². The van der Waals surface area contributed by atoms with Crippen molar-refractivity contribution in [3.63, 3.8) is 0 Å². The molecule has 0 aliphatic rings. The molecule has 0 fully saturated rings. The van der Waals surface area contributed by atoms with Crippen LogP contribution in [0.3, 0.4) is 0 Å². The van der Waals surface area contributed by atoms with Crippen molar-refractivity contribution < 1.29 is 18.6 Å². The molecule has 0 saturated carbocycles. The minimum Gasteiger partial charge on any atom is -0.383 e. The van der Waals surface area contributed by atoms with E-state index in [1.54, 1.807) is 24.3 Å². The maximum atomic E-state index is 13.2. The second kappa shape index (κ2) is 8.09. The first-order valence-electron chi connectivity index (χ1n) is 8.02. The van der Waals surface area contributed by atoms with E-state index < -0.39 is 16.6 Å². The molecular formula is C18H15FN4O4. The number of benzene rings is 2. The highest BCUT2D eigenvalue weighted by Gasteiger charge is 2.14. The van der Waals surface area contributed by atoms with E-state index in [2.05, 4.69) is 15.8 Å². The second-order valence-corrected chi connectivity index (χ2v) is 5.57. The average Bonchev–Trinajstić information content (AvgIpc) is 3.16. The van der Waals surface area contributed by atoms with Gasteiger partial charge in [0.25, 0.3) is 11.6 Å². The number of nitrogens with zero attached hydrogens (tertiary/aromatic N) is 2. The molecule has 2 N–H and O–H groups in total. The number of hydrogen-bond acceptors (Lipinski definition) is 6. The number of aromatic nitrogens is 1. The molecule has 8 nitrogen and oxygen atoms in total. The first kappa shape index (κ1) is 18.1. The van der Waals surface area contributed by atoms with E-state index >= 15 is 0 Å². The predicted octanol–water partition coefficient (Wildman–Crippen LogP) is 3.23. The van der Waals surface area contributed by atoms with E-state index in [-0.39, 0.29) is 11.4 Å². The largest absolute Gasteiger partial charge is 0.383 e. The number of amides is 1. The first-order chi connectivity index (χ1) is 13.0. The summed E-state index contributed by atoms with van der Waals surface area (Å²) in [6.07, 6.45) is 0. The third-order valence-electron chi connectivity index (χ3n) is 3.67. The highest BCUT2D eigenvalue weighted by molar-refractivity contribution is 5.92. The van der Waals surface area contributed by atoms with E-state index in [1.165, 1.54) is 30.3 Å². The highest BCUT2D eigenvalue weighted by Crippen LogP contribution is 2.20. The van der Waals surface area contributed by atoms with Crippen molar-refractivity contribution in [2.75, 3.05) is 18.4 Å². The third-order valence-corrected chi connectivity index (χ3v) is 3.67. The summed E-state index contributed by atoms with van der Waals surface area (Å²) in [4.78, 5) is 22.2. The number of carbonyl (C=O) groups is 1. The van der Waals surface area contributed by atoms with Crippen LogP contribution in [0.15, 0.2) is 59.1 Å². The SMILES string of the molecule is O=C(NCCNc1ccc([N+](=O)[O-])cc1)c1cc(-c2cccc(F)c2)no1. The number of hydrogen-bond donors (Lipinski definition) is 2. The summed E-state index contributed by atoms with van der Waals surface area (Å²) >= 11 is 0. The van der Waals surface area contributed by atoms with Crippen LogP contribution >= 0.6 is 0 Å². The van der Waals surface area contributed by atoms with Crippen LogP contribution in [0, 0.1) is 15.9 Å². The van der Waals surface area contributed by atoms with Gasteiger partial charge in [0.2, 0.25) is 5.76 Å². The molecule has 1 amide bonds. The summed E-state index contributed by atoms with van der Waals surface area (Å²) < 4.78 is 18.3. The Morgan fingerprint density at radius 1 is 1.15 bits per heavy atom. The maximum Gasteiger partial charge on any atom is 0.289 e. The van der Waals surface area contributed by atoms with Gasteiger partial charge in [0.15, 0.2) is 0 Å². The van der Waals surface area contributed by atoms with Crippen molar-refractivity contribution in [3.05, 3.63) is 76.3 Å². The molecular weight excluding hydrogens is 355 g/mol. The van der Waals surface area contributed by atoms with Crippen LogP contribution in [0.1, 0.15) is 10.6 Å². The molecule has 0 bridgehead atoms. The summed E-state index contributed by atoms with van der Waals surface area (Å²) in [7, 11) is 0. The van der Waals surface area contributed by atoms with Gasteiger partial charge < -0.3 is 15.2 Å². The molecule has 0 unspecified atom stereocenters. The molecule has 1 aromatic heterocycles. The first-order valence-corrected chi connectivity index (χ1v) is 8.02. The normalized spacial score (nSPS) is 10.4. The lowest BCUT2D eigenvalue weighted by Crippen LogP contribution is -2.28. The highest BCUT2D eigenvalue weighted by atomic mass is 19.1. The summed E-state index contributed by atoms with van der Waals surface area (Å²) in [5, 5.41) is 20.1. The average molecular weight is 370 g/mol. The second-order valence-electron chi connectivity index (χ2n) is 5.57. The Morgan fingerprint density at radius 2 is 1.93 bits per heavy atom. The Balaban J connectivity index is 1.49. The van der Waals surface area contributed by atoms with Crippen molar-refractivity contribution >= 4 is 17.3 Å². The number of nitro groups is 1. The van der Waals surface area contributed by atoms with Crippen LogP contribution in [-0.4, -0.2) is 29.1 Å². The number of carbonyl (C=O) groups excluding carboxylic acids is 1. The molecule has 0 aliphatic heterocycles. The van der Waals surface area contributed by atoms with Crippen LogP contribution in [0.2, 0.25) is 0 Å². The Kier molecular flexibility index (Phi) is 5.41. The Morgan fingerprint density at radius 3 is 2.63 bits per heavy atom. The molecule has 3 rings (SSSR count). The van der Waals surface area contributed by atoms with Crippen LogP contribution in [0.4, 0.5) is 15.8 Å². The van der Waals surface area contributed by atoms with Crippen molar-refractivity contribution in [1.82, 2.24) is 10.5 Å². The van der Waals surface area contributed by atoms with Gasteiger partial charge in [-0.15, -0.1) is 0 Å². The van der Waals surface area contributed by atoms with Gasteiger partial charge in [0.05, 0.1) is 4.92 Å². The van der Waals surface area contributed by atoms with Gasteiger partial charge in [-0.1, -0.05) is 17.3 Å². The molecule has 138 valence electrons. The fourth-order valence-electron chi connectivity index (χ4n) is 2.34. The lowest BCUT2D eigenvalue weighted by atomic mass is 10.1. The molecule has 9 heteroatoms. The molecule has 1 heterocycles. The van der Waals surface area contributed by atoms with Crippen LogP contribution in [0.25, 0.3) is 11.3 Å². The zero-order valence-electron chi connectivity index (χ0n) is 14.0. The lowest BCUT2D eigenvalue weighted by Gasteiger charge is -2.06. The van der Waals surface area contributed by atoms with Gasteiger partial charge in [-0.05, 0) is 24.3 Å². The Labute approximate surface area is 153 Å². The maximum absolute atomic E-state index is 13.2. The van der Waals surface area contributed by atoms with E-state index in [4.69, 9.17) is 4.52 Å². The lowest BCUT2D eigenvalue weighted by molar-refractivity contribution is -0.384. The predicted molar refractivity (Wildman–Crippen MR) is 95.8 cm³/mol. The minimum absolute atomic E-state index is 0.00766. The fourth-order valence-corrected chi connectivity index (χ4v) is 2.34. The van der Waals surface area contributed by atoms with E-state index in [1.807, 2.05) is 0 Å².